The molecule has 1 aromatic rings. The summed E-state index contributed by atoms with van der Waals surface area (Å²) in [5.41, 5.74) is 6.82. The molecule has 0 amide bonds. The lowest BCUT2D eigenvalue weighted by Gasteiger charge is -2.13. The molecule has 0 bridgehead atoms. The van der Waals surface area contributed by atoms with Gasteiger partial charge in [0.15, 0.2) is 11.5 Å². The smallest absolute Gasteiger partial charge is 0.163 e. The molecule has 5 heteroatoms. The predicted octanol–water partition coefficient (Wildman–Crippen LogP) is 3.04. The Morgan fingerprint density at radius 1 is 1.39 bits per heavy atom. The van der Waals surface area contributed by atoms with Gasteiger partial charge in [-0.3, -0.25) is 4.79 Å². The van der Waals surface area contributed by atoms with Crippen molar-refractivity contribution in [3.8, 4) is 5.75 Å². The van der Waals surface area contributed by atoms with Crippen LogP contribution in [-0.4, -0.2) is 25.6 Å². The lowest BCUT2D eigenvalue weighted by atomic mass is 10.1. The number of carbonyl (C=O) groups is 1. The maximum Gasteiger partial charge on any atom is 0.163 e. The molecule has 0 aliphatic heterocycles. The molecule has 100 valence electrons. The van der Waals surface area contributed by atoms with Gasteiger partial charge in [0.2, 0.25) is 0 Å². The average Bonchev–Trinajstić information content (AvgIpc) is 2.30. The van der Waals surface area contributed by atoms with Crippen LogP contribution in [0, 0.1) is 0 Å². The Balaban J connectivity index is 2.71. The second-order valence-electron chi connectivity index (χ2n) is 3.83. The van der Waals surface area contributed by atoms with Gasteiger partial charge in [0.25, 0.3) is 0 Å². The van der Waals surface area contributed by atoms with Crippen molar-refractivity contribution >= 4 is 27.4 Å². The molecule has 1 aromatic carbocycles. The Hall–Kier alpha value is -1.07. The van der Waals surface area contributed by atoms with E-state index in [1.807, 2.05) is 6.92 Å². The minimum atomic E-state index is -0.0668. The Morgan fingerprint density at radius 3 is 2.72 bits per heavy atom. The Labute approximate surface area is 116 Å². The van der Waals surface area contributed by atoms with E-state index in [-0.39, 0.29) is 5.78 Å². The van der Waals surface area contributed by atoms with Crippen LogP contribution in [0.15, 0.2) is 16.6 Å². The van der Waals surface area contributed by atoms with Crippen LogP contribution in [-0.2, 0) is 4.74 Å². The van der Waals surface area contributed by atoms with Gasteiger partial charge in [-0.2, -0.15) is 0 Å². The van der Waals surface area contributed by atoms with Crippen molar-refractivity contribution in [3.63, 3.8) is 0 Å². The van der Waals surface area contributed by atoms with Gasteiger partial charge in [-0.15, -0.1) is 0 Å². The van der Waals surface area contributed by atoms with Crippen LogP contribution in [0.5, 0.6) is 5.75 Å². The molecule has 0 saturated heterocycles. The zero-order chi connectivity index (χ0) is 13.5. The summed E-state index contributed by atoms with van der Waals surface area (Å²) < 4.78 is 11.6. The normalized spacial score (nSPS) is 10.4. The summed E-state index contributed by atoms with van der Waals surface area (Å²) in [5, 5.41) is 0. The zero-order valence-corrected chi connectivity index (χ0v) is 12.2. The van der Waals surface area contributed by atoms with Crippen molar-refractivity contribution in [3.05, 3.63) is 22.2 Å². The molecule has 0 unspecified atom stereocenters. The zero-order valence-electron chi connectivity index (χ0n) is 10.7. The summed E-state index contributed by atoms with van der Waals surface area (Å²) >= 11 is 3.31. The number of hydrogen-bond acceptors (Lipinski definition) is 4. The fourth-order valence-electron chi connectivity index (χ4n) is 1.52. The highest BCUT2D eigenvalue weighted by atomic mass is 79.9. The maximum absolute atomic E-state index is 11.5. The van der Waals surface area contributed by atoms with Crippen LogP contribution in [0.25, 0.3) is 0 Å². The van der Waals surface area contributed by atoms with E-state index in [1.54, 1.807) is 12.1 Å². The summed E-state index contributed by atoms with van der Waals surface area (Å²) in [6, 6.07) is 3.45. The van der Waals surface area contributed by atoms with Gasteiger partial charge in [0, 0.05) is 24.1 Å². The van der Waals surface area contributed by atoms with E-state index in [4.69, 9.17) is 15.2 Å². The third kappa shape index (κ3) is 4.31. The molecule has 0 aliphatic rings. The van der Waals surface area contributed by atoms with Crippen LogP contribution < -0.4 is 10.5 Å². The first-order chi connectivity index (χ1) is 8.56. The summed E-state index contributed by atoms with van der Waals surface area (Å²) in [4.78, 5) is 11.5. The summed E-state index contributed by atoms with van der Waals surface area (Å²) in [6.07, 6.45) is 0.765. The molecular formula is C13H18BrNO3. The molecule has 0 radical (unpaired) electrons. The standard InChI is InChI=1S/C13H18BrNO3/c1-3-17-5-4-6-18-13-11(9(2)16)7-10(14)8-12(13)15/h7-8H,3-6,15H2,1-2H3. The number of hydrogen-bond donors (Lipinski definition) is 1. The number of halogens is 1. The highest BCUT2D eigenvalue weighted by Gasteiger charge is 2.13. The first-order valence-corrected chi connectivity index (χ1v) is 6.66. The molecular weight excluding hydrogens is 298 g/mol. The fourth-order valence-corrected chi connectivity index (χ4v) is 1.99. The van der Waals surface area contributed by atoms with Crippen molar-refractivity contribution in [2.75, 3.05) is 25.6 Å². The van der Waals surface area contributed by atoms with Crippen LogP contribution in [0.3, 0.4) is 0 Å². The number of benzene rings is 1. The number of ether oxygens (including phenoxy) is 2. The van der Waals surface area contributed by atoms with Gasteiger partial charge in [-0.25, -0.2) is 0 Å². The molecule has 0 atom stereocenters. The first-order valence-electron chi connectivity index (χ1n) is 5.86. The number of ketones is 1. The van der Waals surface area contributed by atoms with E-state index in [0.717, 1.165) is 10.9 Å². The van der Waals surface area contributed by atoms with E-state index >= 15 is 0 Å². The third-order valence-electron chi connectivity index (χ3n) is 2.35. The van der Waals surface area contributed by atoms with E-state index in [2.05, 4.69) is 15.9 Å². The second kappa shape index (κ2) is 7.38. The van der Waals surface area contributed by atoms with Crippen molar-refractivity contribution in [1.82, 2.24) is 0 Å². The van der Waals surface area contributed by atoms with Crippen LogP contribution in [0.2, 0.25) is 0 Å². The number of nitrogens with two attached hydrogens (primary N) is 1. The molecule has 0 fully saturated rings. The van der Waals surface area contributed by atoms with Crippen molar-refractivity contribution < 1.29 is 14.3 Å². The summed E-state index contributed by atoms with van der Waals surface area (Å²) in [6.45, 7) is 5.25. The minimum absolute atomic E-state index is 0.0668. The SMILES string of the molecule is CCOCCCOc1c(N)cc(Br)cc1C(C)=O. The molecule has 0 aromatic heterocycles. The predicted molar refractivity (Wildman–Crippen MR) is 75.2 cm³/mol. The van der Waals surface area contributed by atoms with E-state index < -0.39 is 0 Å². The summed E-state index contributed by atoms with van der Waals surface area (Å²) in [5.74, 6) is 0.394. The van der Waals surface area contributed by atoms with Gasteiger partial charge in [0.05, 0.1) is 17.9 Å². The number of anilines is 1. The van der Waals surface area contributed by atoms with Gasteiger partial charge in [-0.05, 0) is 26.0 Å². The lowest BCUT2D eigenvalue weighted by molar-refractivity contribution is 0.101. The van der Waals surface area contributed by atoms with E-state index in [1.165, 1.54) is 6.92 Å². The molecule has 18 heavy (non-hydrogen) atoms. The summed E-state index contributed by atoms with van der Waals surface area (Å²) in [7, 11) is 0. The molecule has 0 aliphatic carbocycles. The number of carbonyl (C=O) groups excluding carboxylic acids is 1. The number of rotatable bonds is 7. The van der Waals surface area contributed by atoms with Gasteiger partial charge in [-0.1, -0.05) is 15.9 Å². The molecule has 2 N–H and O–H groups in total. The molecule has 0 spiro atoms. The molecule has 1 rings (SSSR count). The Kier molecular flexibility index (Phi) is 6.15. The quantitative estimate of drug-likeness (QED) is 0.477. The van der Waals surface area contributed by atoms with Gasteiger partial charge >= 0.3 is 0 Å². The van der Waals surface area contributed by atoms with E-state index in [9.17, 15) is 4.79 Å². The maximum atomic E-state index is 11.5. The average molecular weight is 316 g/mol. The highest BCUT2D eigenvalue weighted by molar-refractivity contribution is 9.10. The van der Waals surface area contributed by atoms with Crippen LogP contribution in [0.4, 0.5) is 5.69 Å². The number of Topliss-reactive ketones (excluding diaryl/α,β-unsaturated/α-hetero) is 1. The molecule has 4 nitrogen and oxygen atoms in total. The van der Waals surface area contributed by atoms with Gasteiger partial charge < -0.3 is 15.2 Å². The Bertz CT molecular complexity index is 421. The van der Waals surface area contributed by atoms with Crippen molar-refractivity contribution in [2.24, 2.45) is 0 Å². The minimum Gasteiger partial charge on any atom is -0.491 e. The molecule has 0 saturated carbocycles. The van der Waals surface area contributed by atoms with Crippen molar-refractivity contribution in [2.45, 2.75) is 20.3 Å². The number of nitrogen functional groups attached to an aromatic ring is 1. The largest absolute Gasteiger partial charge is 0.491 e. The van der Waals surface area contributed by atoms with E-state index in [0.29, 0.717) is 36.8 Å². The first kappa shape index (κ1) is 15.0. The van der Waals surface area contributed by atoms with Crippen molar-refractivity contribution in [1.29, 1.82) is 0 Å². The highest BCUT2D eigenvalue weighted by Crippen LogP contribution is 2.31. The Morgan fingerprint density at radius 2 is 2.11 bits per heavy atom. The topological polar surface area (TPSA) is 61.6 Å². The van der Waals surface area contributed by atoms with Crippen LogP contribution >= 0.6 is 15.9 Å². The third-order valence-corrected chi connectivity index (χ3v) is 2.80. The van der Waals surface area contributed by atoms with Crippen LogP contribution in [0.1, 0.15) is 30.6 Å². The monoisotopic (exact) mass is 315 g/mol. The van der Waals surface area contributed by atoms with Gasteiger partial charge in [0.1, 0.15) is 0 Å². The fraction of sp³-hybridized carbons (Fsp3) is 0.462. The lowest BCUT2D eigenvalue weighted by Crippen LogP contribution is -2.08. The second-order valence-corrected chi connectivity index (χ2v) is 4.74. The molecule has 0 heterocycles.